The summed E-state index contributed by atoms with van der Waals surface area (Å²) in [5.74, 6) is 0. The van der Waals surface area contributed by atoms with Gasteiger partial charge in [0, 0.05) is 12.6 Å². The van der Waals surface area contributed by atoms with E-state index in [2.05, 4.69) is 59.6 Å². The van der Waals surface area contributed by atoms with Gasteiger partial charge in [0.15, 0.2) is 0 Å². The summed E-state index contributed by atoms with van der Waals surface area (Å²) in [6.07, 6.45) is 7.20. The summed E-state index contributed by atoms with van der Waals surface area (Å²) >= 11 is 0. The van der Waals surface area contributed by atoms with Crippen LogP contribution in [0.3, 0.4) is 0 Å². The maximum absolute atomic E-state index is 4.56. The smallest absolute Gasteiger partial charge is 0.0636 e. The molecule has 1 heteroatoms. The number of nitrogens with zero attached hydrogens (tertiary/aromatic N) is 1. The highest BCUT2D eigenvalue weighted by Gasteiger charge is 2.17. The van der Waals surface area contributed by atoms with Crippen LogP contribution in [0.4, 0.5) is 0 Å². The summed E-state index contributed by atoms with van der Waals surface area (Å²) in [4.78, 5) is 4.56. The van der Waals surface area contributed by atoms with E-state index in [4.69, 9.17) is 0 Å². The van der Waals surface area contributed by atoms with Gasteiger partial charge in [-0.1, -0.05) is 60.7 Å². The van der Waals surface area contributed by atoms with E-state index >= 15 is 0 Å². The Hall–Kier alpha value is -2.67. The normalized spacial score (nSPS) is 12.4. The maximum atomic E-state index is 4.56. The molecule has 1 aliphatic carbocycles. The molecule has 21 heavy (non-hydrogen) atoms. The first-order chi connectivity index (χ1) is 10.4. The molecule has 0 spiro atoms. The fourth-order valence-corrected chi connectivity index (χ4v) is 2.87. The second-order valence-electron chi connectivity index (χ2n) is 5.34. The van der Waals surface area contributed by atoms with Crippen LogP contribution in [-0.2, 0) is 6.42 Å². The second kappa shape index (κ2) is 5.02. The Labute approximate surface area is 124 Å². The summed E-state index contributed by atoms with van der Waals surface area (Å²) in [7, 11) is 0. The molecule has 0 unspecified atom stereocenters. The zero-order valence-electron chi connectivity index (χ0n) is 11.7. The van der Waals surface area contributed by atoms with E-state index in [-0.39, 0.29) is 0 Å². The number of fused-ring (bicyclic) bond motifs is 3. The van der Waals surface area contributed by atoms with Crippen LogP contribution in [0.2, 0.25) is 0 Å². The van der Waals surface area contributed by atoms with Gasteiger partial charge in [-0.15, -0.1) is 0 Å². The fourth-order valence-electron chi connectivity index (χ4n) is 2.87. The van der Waals surface area contributed by atoms with Gasteiger partial charge in [0.05, 0.1) is 5.69 Å². The van der Waals surface area contributed by atoms with Crippen LogP contribution >= 0.6 is 0 Å². The van der Waals surface area contributed by atoms with E-state index < -0.39 is 0 Å². The van der Waals surface area contributed by atoms with Crippen LogP contribution in [0.15, 0.2) is 66.9 Å². The third kappa shape index (κ3) is 2.27. The molecule has 0 radical (unpaired) electrons. The van der Waals surface area contributed by atoms with E-state index in [1.807, 2.05) is 24.4 Å². The molecular weight excluding hydrogens is 254 g/mol. The number of hydrogen-bond donors (Lipinski definition) is 0. The molecule has 0 atom stereocenters. The highest BCUT2D eigenvalue weighted by molar-refractivity contribution is 5.79. The average Bonchev–Trinajstić information content (AvgIpc) is 2.92. The van der Waals surface area contributed by atoms with Crippen molar-refractivity contribution in [3.05, 3.63) is 89.2 Å². The number of pyridine rings is 1. The van der Waals surface area contributed by atoms with Crippen molar-refractivity contribution in [2.75, 3.05) is 0 Å². The number of rotatable bonds is 2. The molecule has 1 aromatic heterocycles. The SMILES string of the molecule is C(=Cc1cc2c(cn1)Cc1ccccc1-2)c1ccccc1. The van der Waals surface area contributed by atoms with Gasteiger partial charge in [-0.05, 0) is 40.0 Å². The van der Waals surface area contributed by atoms with Crippen molar-refractivity contribution in [1.29, 1.82) is 0 Å². The van der Waals surface area contributed by atoms with Crippen molar-refractivity contribution in [1.82, 2.24) is 4.98 Å². The molecule has 0 aliphatic heterocycles. The van der Waals surface area contributed by atoms with E-state index in [0.29, 0.717) is 0 Å². The van der Waals surface area contributed by atoms with Crippen LogP contribution in [0.5, 0.6) is 0 Å². The van der Waals surface area contributed by atoms with Gasteiger partial charge in [0.25, 0.3) is 0 Å². The lowest BCUT2D eigenvalue weighted by Crippen LogP contribution is -1.86. The molecular formula is C20H15N. The van der Waals surface area contributed by atoms with E-state index in [0.717, 1.165) is 12.1 Å². The molecule has 0 fully saturated rings. The van der Waals surface area contributed by atoms with Crippen LogP contribution in [0.1, 0.15) is 22.4 Å². The van der Waals surface area contributed by atoms with Gasteiger partial charge >= 0.3 is 0 Å². The van der Waals surface area contributed by atoms with Crippen LogP contribution < -0.4 is 0 Å². The standard InChI is InChI=1S/C20H15N/c1-2-6-15(7-3-1)10-11-18-13-20-17(14-21-18)12-16-8-4-5-9-19(16)20/h1-11,13-14H,12H2. The van der Waals surface area contributed by atoms with Gasteiger partial charge in [-0.25, -0.2) is 0 Å². The molecule has 1 nitrogen and oxygen atoms in total. The summed E-state index contributed by atoms with van der Waals surface area (Å²) in [6, 6.07) is 21.1. The lowest BCUT2D eigenvalue weighted by Gasteiger charge is -2.01. The Bertz CT molecular complexity index is 816. The van der Waals surface area contributed by atoms with Gasteiger partial charge < -0.3 is 0 Å². The third-order valence-corrected chi connectivity index (χ3v) is 3.94. The van der Waals surface area contributed by atoms with Crippen molar-refractivity contribution >= 4 is 12.2 Å². The first kappa shape index (κ1) is 12.1. The number of hydrogen-bond acceptors (Lipinski definition) is 1. The number of aromatic nitrogens is 1. The van der Waals surface area contributed by atoms with Gasteiger partial charge in [-0.2, -0.15) is 0 Å². The lowest BCUT2D eigenvalue weighted by molar-refractivity contribution is 1.19. The monoisotopic (exact) mass is 269 g/mol. The maximum Gasteiger partial charge on any atom is 0.0636 e. The van der Waals surface area contributed by atoms with Crippen LogP contribution in [0, 0.1) is 0 Å². The van der Waals surface area contributed by atoms with E-state index in [9.17, 15) is 0 Å². The van der Waals surface area contributed by atoms with Gasteiger partial charge in [0.1, 0.15) is 0 Å². The minimum atomic E-state index is 1.00. The number of benzene rings is 2. The fraction of sp³-hybridized carbons (Fsp3) is 0.0500. The predicted molar refractivity (Wildman–Crippen MR) is 87.8 cm³/mol. The predicted octanol–water partition coefficient (Wildman–Crippen LogP) is 4.82. The van der Waals surface area contributed by atoms with Crippen molar-refractivity contribution in [3.63, 3.8) is 0 Å². The molecule has 0 amide bonds. The molecule has 4 rings (SSSR count). The van der Waals surface area contributed by atoms with Crippen molar-refractivity contribution in [3.8, 4) is 11.1 Å². The van der Waals surface area contributed by atoms with Crippen molar-refractivity contribution < 1.29 is 0 Å². The summed E-state index contributed by atoms with van der Waals surface area (Å²) in [5, 5.41) is 0. The van der Waals surface area contributed by atoms with Crippen molar-refractivity contribution in [2.24, 2.45) is 0 Å². The highest BCUT2D eigenvalue weighted by atomic mass is 14.7. The van der Waals surface area contributed by atoms with Gasteiger partial charge in [-0.3, -0.25) is 4.98 Å². The van der Waals surface area contributed by atoms with Crippen LogP contribution in [0.25, 0.3) is 23.3 Å². The molecule has 100 valence electrons. The summed E-state index contributed by atoms with van der Waals surface area (Å²) < 4.78 is 0. The topological polar surface area (TPSA) is 12.9 Å². The molecule has 0 bridgehead atoms. The minimum Gasteiger partial charge on any atom is -0.257 e. The van der Waals surface area contributed by atoms with Crippen LogP contribution in [-0.4, -0.2) is 4.98 Å². The molecule has 1 heterocycles. The largest absolute Gasteiger partial charge is 0.257 e. The first-order valence-corrected chi connectivity index (χ1v) is 7.20. The molecule has 0 saturated heterocycles. The minimum absolute atomic E-state index is 1.00. The molecule has 2 aromatic carbocycles. The van der Waals surface area contributed by atoms with Gasteiger partial charge in [0.2, 0.25) is 0 Å². The summed E-state index contributed by atoms with van der Waals surface area (Å²) in [5.41, 5.74) is 7.61. The van der Waals surface area contributed by atoms with Crippen molar-refractivity contribution in [2.45, 2.75) is 6.42 Å². The second-order valence-corrected chi connectivity index (χ2v) is 5.34. The molecule has 0 saturated carbocycles. The van der Waals surface area contributed by atoms with E-state index in [1.54, 1.807) is 0 Å². The highest BCUT2D eigenvalue weighted by Crippen LogP contribution is 2.36. The Kier molecular flexibility index (Phi) is 2.89. The Balaban J connectivity index is 1.70. The Morgan fingerprint density at radius 3 is 2.48 bits per heavy atom. The molecule has 1 aliphatic rings. The molecule has 0 N–H and O–H groups in total. The quantitative estimate of drug-likeness (QED) is 0.508. The Morgan fingerprint density at radius 2 is 1.57 bits per heavy atom. The first-order valence-electron chi connectivity index (χ1n) is 7.20. The average molecular weight is 269 g/mol. The Morgan fingerprint density at radius 1 is 0.762 bits per heavy atom. The summed E-state index contributed by atoms with van der Waals surface area (Å²) in [6.45, 7) is 0. The van der Waals surface area contributed by atoms with E-state index in [1.165, 1.54) is 27.8 Å². The lowest BCUT2D eigenvalue weighted by atomic mass is 10.1. The third-order valence-electron chi connectivity index (χ3n) is 3.94. The zero-order chi connectivity index (χ0) is 14.1. The zero-order valence-corrected chi connectivity index (χ0v) is 11.7. The molecule has 3 aromatic rings.